The van der Waals surface area contributed by atoms with Crippen LogP contribution in [0.25, 0.3) is 0 Å². The van der Waals surface area contributed by atoms with E-state index in [-0.39, 0.29) is 6.61 Å². The summed E-state index contributed by atoms with van der Waals surface area (Å²) in [7, 11) is 0. The van der Waals surface area contributed by atoms with Crippen molar-refractivity contribution in [2.75, 3.05) is 13.2 Å². The van der Waals surface area contributed by atoms with Gasteiger partial charge in [-0.2, -0.15) is 0 Å². The number of hydrogen-bond donors (Lipinski definition) is 2. The molecule has 1 aromatic rings. The molecule has 1 atom stereocenters. The fraction of sp³-hybridized carbons (Fsp3) is 0.588. The minimum atomic E-state index is -0.517. The van der Waals surface area contributed by atoms with Gasteiger partial charge in [-0.3, -0.25) is 0 Å². The summed E-state index contributed by atoms with van der Waals surface area (Å²) < 4.78 is 5.21. The van der Waals surface area contributed by atoms with Gasteiger partial charge in [0.05, 0.1) is 6.61 Å². The second-order valence-electron chi connectivity index (χ2n) is 6.99. The molecule has 4 nitrogen and oxygen atoms in total. The third kappa shape index (κ3) is 6.63. The Bertz CT molecular complexity index is 462. The molecule has 118 valence electrons. The van der Waals surface area contributed by atoms with Crippen LogP contribution in [0.4, 0.5) is 4.79 Å². The lowest BCUT2D eigenvalue weighted by Crippen LogP contribution is -2.41. The van der Waals surface area contributed by atoms with E-state index >= 15 is 0 Å². The summed E-state index contributed by atoms with van der Waals surface area (Å²) in [5, 5.41) is 12.4. The Kier molecular flexibility index (Phi) is 5.78. The van der Waals surface area contributed by atoms with Gasteiger partial charge in [-0.15, -0.1) is 0 Å². The van der Waals surface area contributed by atoms with Crippen LogP contribution in [0.5, 0.6) is 0 Å². The molecule has 0 heterocycles. The van der Waals surface area contributed by atoms with Crippen LogP contribution in [0, 0.1) is 12.3 Å². The fourth-order valence-electron chi connectivity index (χ4n) is 1.97. The van der Waals surface area contributed by atoms with Crippen LogP contribution in [-0.2, 0) is 11.2 Å². The normalized spacial score (nSPS) is 14.4. The zero-order valence-corrected chi connectivity index (χ0v) is 13.7. The Hall–Kier alpha value is -1.55. The smallest absolute Gasteiger partial charge is 0.407 e. The third-order valence-electron chi connectivity index (χ3n) is 3.19. The zero-order chi connectivity index (χ0) is 16.1. The van der Waals surface area contributed by atoms with Gasteiger partial charge < -0.3 is 15.2 Å². The average Bonchev–Trinajstić information content (AvgIpc) is 2.37. The largest absolute Gasteiger partial charge is 0.444 e. The summed E-state index contributed by atoms with van der Waals surface area (Å²) in [6.45, 7) is 9.82. The Morgan fingerprint density at radius 3 is 2.24 bits per heavy atom. The summed E-state index contributed by atoms with van der Waals surface area (Å²) >= 11 is 0. The van der Waals surface area contributed by atoms with Gasteiger partial charge in [-0.05, 0) is 39.7 Å². The number of aliphatic hydroxyl groups is 1. The van der Waals surface area contributed by atoms with Crippen LogP contribution in [0.2, 0.25) is 0 Å². The summed E-state index contributed by atoms with van der Waals surface area (Å²) in [4.78, 5) is 11.7. The molecule has 0 aromatic heterocycles. The van der Waals surface area contributed by atoms with Crippen LogP contribution >= 0.6 is 0 Å². The summed E-state index contributed by atoms with van der Waals surface area (Å²) in [6.07, 6.45) is 0.241. The molecule has 1 aromatic carbocycles. The second kappa shape index (κ2) is 6.94. The Morgan fingerprint density at radius 1 is 1.19 bits per heavy atom. The highest BCUT2D eigenvalue weighted by molar-refractivity contribution is 5.67. The molecule has 0 saturated carbocycles. The molecule has 0 bridgehead atoms. The zero-order valence-electron chi connectivity index (χ0n) is 13.7. The first-order valence-corrected chi connectivity index (χ1v) is 7.27. The van der Waals surface area contributed by atoms with Gasteiger partial charge in [0.2, 0.25) is 0 Å². The minimum Gasteiger partial charge on any atom is -0.444 e. The first kappa shape index (κ1) is 17.5. The molecule has 21 heavy (non-hydrogen) atoms. The van der Waals surface area contributed by atoms with Gasteiger partial charge in [-0.1, -0.05) is 36.8 Å². The van der Waals surface area contributed by atoms with E-state index in [2.05, 4.69) is 29.6 Å². The number of carbonyl (C=O) groups excluding carboxylic acids is 1. The summed E-state index contributed by atoms with van der Waals surface area (Å²) in [5.41, 5.74) is 1.42. The number of nitrogens with one attached hydrogen (secondary N) is 1. The molecular formula is C17H27NO3. The van der Waals surface area contributed by atoms with Crippen molar-refractivity contribution in [3.8, 4) is 0 Å². The number of hydrogen-bond acceptors (Lipinski definition) is 3. The quantitative estimate of drug-likeness (QED) is 0.877. The number of amides is 1. The molecule has 1 unspecified atom stereocenters. The van der Waals surface area contributed by atoms with Crippen molar-refractivity contribution in [3.05, 3.63) is 35.4 Å². The molecule has 0 fully saturated rings. The highest BCUT2D eigenvalue weighted by Crippen LogP contribution is 2.22. The number of aryl methyl sites for hydroxylation is 1. The minimum absolute atomic E-state index is 0.00330. The summed E-state index contributed by atoms with van der Waals surface area (Å²) in [6, 6.07) is 8.20. The molecule has 1 rings (SSSR count). The second-order valence-corrected chi connectivity index (χ2v) is 6.99. The number of ether oxygens (including phenoxy) is 1. The molecule has 0 saturated heterocycles. The van der Waals surface area contributed by atoms with Crippen molar-refractivity contribution in [1.82, 2.24) is 5.32 Å². The van der Waals surface area contributed by atoms with Gasteiger partial charge in [0, 0.05) is 12.0 Å². The molecule has 2 N–H and O–H groups in total. The van der Waals surface area contributed by atoms with Crippen molar-refractivity contribution in [2.24, 2.45) is 5.41 Å². The van der Waals surface area contributed by atoms with Crippen LogP contribution in [0.3, 0.4) is 0 Å². The highest BCUT2D eigenvalue weighted by Gasteiger charge is 2.26. The maximum Gasteiger partial charge on any atom is 0.407 e. The van der Waals surface area contributed by atoms with Gasteiger partial charge in [-0.25, -0.2) is 4.79 Å². The van der Waals surface area contributed by atoms with E-state index in [1.807, 2.05) is 34.6 Å². The van der Waals surface area contributed by atoms with Crippen molar-refractivity contribution in [1.29, 1.82) is 0 Å². The Morgan fingerprint density at radius 2 is 1.76 bits per heavy atom. The van der Waals surface area contributed by atoms with Crippen LogP contribution in [-0.4, -0.2) is 30.0 Å². The predicted octanol–water partition coefficient (Wildman–Crippen LogP) is 3.06. The van der Waals surface area contributed by atoms with E-state index in [1.54, 1.807) is 0 Å². The molecule has 4 heteroatoms. The monoisotopic (exact) mass is 293 g/mol. The van der Waals surface area contributed by atoms with Gasteiger partial charge in [0.15, 0.2) is 0 Å². The van der Waals surface area contributed by atoms with E-state index in [0.717, 1.165) is 5.56 Å². The lowest BCUT2D eigenvalue weighted by molar-refractivity contribution is 0.0478. The third-order valence-corrected chi connectivity index (χ3v) is 3.19. The molecule has 0 aliphatic heterocycles. The van der Waals surface area contributed by atoms with Crippen molar-refractivity contribution in [2.45, 2.75) is 46.6 Å². The molecule has 0 aliphatic rings. The standard InChI is InChI=1S/C17H27NO3/c1-13-6-8-14(9-7-13)10-17(5,12-19)11-18-15(20)21-16(2,3)4/h6-9,19H,10-12H2,1-5H3,(H,18,20). The Labute approximate surface area is 127 Å². The van der Waals surface area contributed by atoms with E-state index in [4.69, 9.17) is 4.74 Å². The molecule has 0 aliphatic carbocycles. The highest BCUT2D eigenvalue weighted by atomic mass is 16.6. The maximum absolute atomic E-state index is 11.7. The van der Waals surface area contributed by atoms with Gasteiger partial charge in [0.25, 0.3) is 0 Å². The SMILES string of the molecule is Cc1ccc(CC(C)(CO)CNC(=O)OC(C)(C)C)cc1. The molecule has 0 spiro atoms. The number of rotatable bonds is 5. The first-order chi connectivity index (χ1) is 9.63. The van der Waals surface area contributed by atoms with Gasteiger partial charge in [0.1, 0.15) is 5.60 Å². The average molecular weight is 293 g/mol. The fourth-order valence-corrected chi connectivity index (χ4v) is 1.97. The van der Waals surface area contributed by atoms with E-state index in [9.17, 15) is 9.90 Å². The van der Waals surface area contributed by atoms with E-state index in [0.29, 0.717) is 13.0 Å². The van der Waals surface area contributed by atoms with Crippen molar-refractivity contribution >= 4 is 6.09 Å². The number of aliphatic hydroxyl groups excluding tert-OH is 1. The molecular weight excluding hydrogens is 266 g/mol. The first-order valence-electron chi connectivity index (χ1n) is 7.27. The maximum atomic E-state index is 11.7. The van der Waals surface area contributed by atoms with Gasteiger partial charge >= 0.3 is 6.09 Å². The van der Waals surface area contributed by atoms with E-state index in [1.165, 1.54) is 5.56 Å². The lowest BCUT2D eigenvalue weighted by Gasteiger charge is -2.28. The van der Waals surface area contributed by atoms with Crippen LogP contribution in [0.1, 0.15) is 38.8 Å². The number of benzene rings is 1. The summed E-state index contributed by atoms with van der Waals surface area (Å²) in [5.74, 6) is 0. The molecule has 0 radical (unpaired) electrons. The van der Waals surface area contributed by atoms with E-state index < -0.39 is 17.1 Å². The lowest BCUT2D eigenvalue weighted by atomic mass is 9.84. The van der Waals surface area contributed by atoms with Crippen molar-refractivity contribution < 1.29 is 14.6 Å². The van der Waals surface area contributed by atoms with Crippen LogP contribution in [0.15, 0.2) is 24.3 Å². The van der Waals surface area contributed by atoms with Crippen LogP contribution < -0.4 is 5.32 Å². The number of alkyl carbamates (subject to hydrolysis) is 1. The Balaban J connectivity index is 2.59. The number of carbonyl (C=O) groups is 1. The predicted molar refractivity (Wildman–Crippen MR) is 84.3 cm³/mol. The molecule has 1 amide bonds. The van der Waals surface area contributed by atoms with Crippen molar-refractivity contribution in [3.63, 3.8) is 0 Å². The topological polar surface area (TPSA) is 58.6 Å².